The second-order valence-electron chi connectivity index (χ2n) is 4.72. The molecule has 1 fully saturated rings. The van der Waals surface area contributed by atoms with Crippen molar-refractivity contribution in [3.63, 3.8) is 0 Å². The number of hydrogen-bond acceptors (Lipinski definition) is 5. The third-order valence-electron chi connectivity index (χ3n) is 3.42. The molecule has 6 nitrogen and oxygen atoms in total. The van der Waals surface area contributed by atoms with Crippen molar-refractivity contribution in [2.45, 2.75) is 19.8 Å². The van der Waals surface area contributed by atoms with Crippen molar-refractivity contribution in [2.24, 2.45) is 11.7 Å². The van der Waals surface area contributed by atoms with Crippen LogP contribution in [-0.2, 0) is 0 Å². The van der Waals surface area contributed by atoms with Crippen LogP contribution in [-0.4, -0.2) is 29.5 Å². The molecule has 1 aromatic rings. The molecule has 0 aliphatic carbocycles. The summed E-state index contributed by atoms with van der Waals surface area (Å²) in [6.07, 6.45) is 2.25. The smallest absolute Gasteiger partial charge is 0.290 e. The molecule has 6 heteroatoms. The van der Waals surface area contributed by atoms with E-state index in [1.54, 1.807) is 13.0 Å². The summed E-state index contributed by atoms with van der Waals surface area (Å²) in [5.74, 6) is 1.31. The highest BCUT2D eigenvalue weighted by Crippen LogP contribution is 2.24. The number of aromatic nitrogens is 1. The van der Waals surface area contributed by atoms with Crippen molar-refractivity contribution in [1.29, 1.82) is 0 Å². The molecule has 2 heterocycles. The first-order valence-corrected chi connectivity index (χ1v) is 6.19. The predicted molar refractivity (Wildman–Crippen MR) is 69.6 cm³/mol. The topological polar surface area (TPSA) is 85.3 Å². The van der Waals surface area contributed by atoms with Gasteiger partial charge in [0.2, 0.25) is 0 Å². The molecule has 1 saturated heterocycles. The summed E-state index contributed by atoms with van der Waals surface area (Å²) in [7, 11) is 0. The van der Waals surface area contributed by atoms with Crippen LogP contribution < -0.4 is 10.6 Å². The Labute approximate surface area is 106 Å². The molecule has 0 radical (unpaired) electrons. The Morgan fingerprint density at radius 2 is 2.39 bits per heavy atom. The maximum absolute atomic E-state index is 10.7. The molecular weight excluding hydrogens is 232 g/mol. The van der Waals surface area contributed by atoms with Crippen LogP contribution in [0.5, 0.6) is 0 Å². The monoisotopic (exact) mass is 250 g/mol. The van der Waals surface area contributed by atoms with E-state index in [2.05, 4.69) is 9.88 Å². The van der Waals surface area contributed by atoms with Crippen LogP contribution in [0.3, 0.4) is 0 Å². The molecule has 0 bridgehead atoms. The number of piperidine rings is 1. The molecule has 98 valence electrons. The second-order valence-corrected chi connectivity index (χ2v) is 4.72. The number of pyridine rings is 1. The lowest BCUT2D eigenvalue weighted by Crippen LogP contribution is -2.38. The van der Waals surface area contributed by atoms with Gasteiger partial charge in [-0.15, -0.1) is 0 Å². The number of nitrogens with zero attached hydrogens (tertiary/aromatic N) is 3. The first-order chi connectivity index (χ1) is 8.61. The Bertz CT molecular complexity index is 450. The fourth-order valence-corrected chi connectivity index (χ4v) is 2.38. The van der Waals surface area contributed by atoms with Gasteiger partial charge in [-0.3, -0.25) is 10.1 Å². The maximum atomic E-state index is 10.7. The molecule has 1 aliphatic rings. The van der Waals surface area contributed by atoms with Crippen LogP contribution in [0.4, 0.5) is 11.5 Å². The van der Waals surface area contributed by atoms with Gasteiger partial charge in [0.25, 0.3) is 5.69 Å². The highest BCUT2D eigenvalue weighted by atomic mass is 16.6. The molecule has 0 spiro atoms. The second kappa shape index (κ2) is 5.30. The Morgan fingerprint density at radius 3 is 3.00 bits per heavy atom. The molecule has 0 amide bonds. The van der Waals surface area contributed by atoms with Crippen LogP contribution in [0.1, 0.15) is 18.5 Å². The minimum absolute atomic E-state index is 0.0751. The highest BCUT2D eigenvalue weighted by Gasteiger charge is 2.21. The molecule has 2 rings (SSSR count). The van der Waals surface area contributed by atoms with Gasteiger partial charge in [0.1, 0.15) is 11.5 Å². The predicted octanol–water partition coefficient (Wildman–Crippen LogP) is 1.47. The standard InChI is InChI=1S/C12H18N4O2/c1-9-11(16(17)18)4-5-12(14-9)15-6-2-3-10(7-13)8-15/h4-5,10H,2-3,6-8,13H2,1H3. The fraction of sp³-hybridized carbons (Fsp3) is 0.583. The normalized spacial score (nSPS) is 19.9. The van der Waals surface area contributed by atoms with Gasteiger partial charge in [0.15, 0.2) is 0 Å². The zero-order valence-electron chi connectivity index (χ0n) is 10.5. The van der Waals surface area contributed by atoms with Crippen molar-refractivity contribution in [3.05, 3.63) is 27.9 Å². The summed E-state index contributed by atoms with van der Waals surface area (Å²) in [4.78, 5) is 16.8. The lowest BCUT2D eigenvalue weighted by atomic mass is 9.98. The molecule has 0 aromatic carbocycles. The Balaban J connectivity index is 2.18. The summed E-state index contributed by atoms with van der Waals surface area (Å²) < 4.78 is 0. The van der Waals surface area contributed by atoms with Crippen molar-refractivity contribution < 1.29 is 4.92 Å². The summed E-state index contributed by atoms with van der Waals surface area (Å²) in [6, 6.07) is 3.26. The van der Waals surface area contributed by atoms with Crippen molar-refractivity contribution >= 4 is 11.5 Å². The van der Waals surface area contributed by atoms with Gasteiger partial charge in [-0.25, -0.2) is 4.98 Å². The van der Waals surface area contributed by atoms with Crippen LogP contribution in [0, 0.1) is 23.0 Å². The molecule has 1 atom stereocenters. The van der Waals surface area contributed by atoms with Crippen LogP contribution in [0.25, 0.3) is 0 Å². The Morgan fingerprint density at radius 1 is 1.61 bits per heavy atom. The van der Waals surface area contributed by atoms with Gasteiger partial charge in [0, 0.05) is 19.2 Å². The van der Waals surface area contributed by atoms with E-state index < -0.39 is 4.92 Å². The van der Waals surface area contributed by atoms with E-state index >= 15 is 0 Å². The quantitative estimate of drug-likeness (QED) is 0.648. The lowest BCUT2D eigenvalue weighted by Gasteiger charge is -2.33. The molecular formula is C12H18N4O2. The van der Waals surface area contributed by atoms with Crippen molar-refractivity contribution in [2.75, 3.05) is 24.5 Å². The average molecular weight is 250 g/mol. The van der Waals surface area contributed by atoms with Gasteiger partial charge >= 0.3 is 0 Å². The third-order valence-corrected chi connectivity index (χ3v) is 3.42. The van der Waals surface area contributed by atoms with E-state index in [9.17, 15) is 10.1 Å². The van der Waals surface area contributed by atoms with Crippen molar-refractivity contribution in [1.82, 2.24) is 4.98 Å². The van der Waals surface area contributed by atoms with Crippen LogP contribution >= 0.6 is 0 Å². The van der Waals surface area contributed by atoms with E-state index in [0.717, 1.165) is 31.7 Å². The SMILES string of the molecule is Cc1nc(N2CCCC(CN)C2)ccc1[N+](=O)[O-]. The first-order valence-electron chi connectivity index (χ1n) is 6.19. The van der Waals surface area contributed by atoms with Gasteiger partial charge < -0.3 is 10.6 Å². The number of hydrogen-bond donors (Lipinski definition) is 1. The molecule has 1 unspecified atom stereocenters. The van der Waals surface area contributed by atoms with E-state index in [-0.39, 0.29) is 5.69 Å². The number of nitrogens with two attached hydrogens (primary N) is 1. The van der Waals surface area contributed by atoms with Gasteiger partial charge in [-0.05, 0) is 38.3 Å². The van der Waals surface area contributed by atoms with Crippen molar-refractivity contribution in [3.8, 4) is 0 Å². The molecule has 18 heavy (non-hydrogen) atoms. The van der Waals surface area contributed by atoms with Gasteiger partial charge in [0.05, 0.1) is 4.92 Å². The maximum Gasteiger partial charge on any atom is 0.290 e. The summed E-state index contributed by atoms with van der Waals surface area (Å²) in [5.41, 5.74) is 6.24. The Hall–Kier alpha value is -1.69. The average Bonchev–Trinajstić information content (AvgIpc) is 2.38. The van der Waals surface area contributed by atoms with Gasteiger partial charge in [-0.2, -0.15) is 0 Å². The van der Waals surface area contributed by atoms with E-state index in [1.807, 2.05) is 0 Å². The number of nitro groups is 1. The van der Waals surface area contributed by atoms with Gasteiger partial charge in [-0.1, -0.05) is 0 Å². The highest BCUT2D eigenvalue weighted by molar-refractivity contribution is 5.47. The molecule has 1 aromatic heterocycles. The Kier molecular flexibility index (Phi) is 3.76. The van der Waals surface area contributed by atoms with Crippen LogP contribution in [0.2, 0.25) is 0 Å². The molecule has 2 N–H and O–H groups in total. The zero-order chi connectivity index (χ0) is 13.1. The van der Waals surface area contributed by atoms with Crippen LogP contribution in [0.15, 0.2) is 12.1 Å². The fourth-order valence-electron chi connectivity index (χ4n) is 2.38. The number of aryl methyl sites for hydroxylation is 1. The number of rotatable bonds is 3. The largest absolute Gasteiger partial charge is 0.356 e. The third kappa shape index (κ3) is 2.59. The summed E-state index contributed by atoms with van der Waals surface area (Å²) in [6.45, 7) is 4.19. The van der Waals surface area contributed by atoms with E-state index in [1.165, 1.54) is 6.07 Å². The molecule has 0 saturated carbocycles. The summed E-state index contributed by atoms with van der Waals surface area (Å²) >= 11 is 0. The zero-order valence-corrected chi connectivity index (χ0v) is 10.5. The lowest BCUT2D eigenvalue weighted by molar-refractivity contribution is -0.385. The number of anilines is 1. The summed E-state index contributed by atoms with van der Waals surface area (Å²) in [5, 5.41) is 10.7. The molecule has 1 aliphatic heterocycles. The first kappa shape index (κ1) is 12.8. The minimum atomic E-state index is -0.398. The van der Waals surface area contributed by atoms with E-state index in [0.29, 0.717) is 18.2 Å². The van der Waals surface area contributed by atoms with E-state index in [4.69, 9.17) is 5.73 Å². The minimum Gasteiger partial charge on any atom is -0.356 e.